The number of ether oxygens (including phenoxy) is 1. The predicted octanol–water partition coefficient (Wildman–Crippen LogP) is 2.91. The fourth-order valence-corrected chi connectivity index (χ4v) is 2.58. The molecule has 2 nitrogen and oxygen atoms in total. The lowest BCUT2D eigenvalue weighted by Gasteiger charge is -2.28. The van der Waals surface area contributed by atoms with E-state index in [0.29, 0.717) is 5.92 Å². The number of hydrogen-bond acceptors (Lipinski definition) is 2. The van der Waals surface area contributed by atoms with Crippen LogP contribution >= 0.6 is 0 Å². The van der Waals surface area contributed by atoms with Crippen molar-refractivity contribution in [3.63, 3.8) is 0 Å². The molecule has 1 heterocycles. The number of nitrogens with zero attached hydrogens (tertiary/aromatic N) is 1. The van der Waals surface area contributed by atoms with Crippen LogP contribution in [0.3, 0.4) is 0 Å². The molecule has 0 aromatic rings. The molecule has 2 aliphatic rings. The van der Waals surface area contributed by atoms with Gasteiger partial charge in [0.15, 0.2) is 0 Å². The van der Waals surface area contributed by atoms with Crippen LogP contribution in [0.1, 0.15) is 20.3 Å². The number of methoxy groups -OCH3 is 1. The van der Waals surface area contributed by atoms with E-state index in [9.17, 15) is 0 Å². The summed E-state index contributed by atoms with van der Waals surface area (Å²) < 4.78 is 5.33. The smallest absolute Gasteiger partial charge is 0.0963 e. The molecule has 2 heteroatoms. The van der Waals surface area contributed by atoms with Crippen LogP contribution in [-0.2, 0) is 4.74 Å². The fourth-order valence-electron chi connectivity index (χ4n) is 2.58. The van der Waals surface area contributed by atoms with Crippen molar-refractivity contribution in [2.75, 3.05) is 14.2 Å². The first kappa shape index (κ1) is 10.3. The second-order valence-electron chi connectivity index (χ2n) is 4.91. The SMILES string of the molecule is C=C1N(C)C2=CC=C(OC)CC2C1(C)C. The zero-order valence-electron chi connectivity index (χ0n) is 10.0. The van der Waals surface area contributed by atoms with Gasteiger partial charge in [-0.25, -0.2) is 0 Å². The van der Waals surface area contributed by atoms with E-state index in [0.717, 1.165) is 12.2 Å². The summed E-state index contributed by atoms with van der Waals surface area (Å²) in [5, 5.41) is 0. The molecule has 0 radical (unpaired) electrons. The Morgan fingerprint density at radius 2 is 2.13 bits per heavy atom. The minimum atomic E-state index is 0.138. The van der Waals surface area contributed by atoms with Crippen LogP contribution < -0.4 is 0 Å². The first-order valence-corrected chi connectivity index (χ1v) is 5.36. The second kappa shape index (κ2) is 3.16. The summed E-state index contributed by atoms with van der Waals surface area (Å²) in [6, 6.07) is 0. The van der Waals surface area contributed by atoms with Crippen molar-refractivity contribution >= 4 is 0 Å². The van der Waals surface area contributed by atoms with Gasteiger partial charge >= 0.3 is 0 Å². The second-order valence-corrected chi connectivity index (χ2v) is 4.91. The van der Waals surface area contributed by atoms with Crippen molar-refractivity contribution in [2.24, 2.45) is 11.3 Å². The summed E-state index contributed by atoms with van der Waals surface area (Å²) in [5.41, 5.74) is 2.70. The summed E-state index contributed by atoms with van der Waals surface area (Å²) in [5.74, 6) is 1.58. The maximum absolute atomic E-state index is 5.33. The molecule has 0 aromatic carbocycles. The molecule has 1 aliphatic heterocycles. The van der Waals surface area contributed by atoms with Crippen molar-refractivity contribution in [1.82, 2.24) is 4.90 Å². The van der Waals surface area contributed by atoms with E-state index in [-0.39, 0.29) is 5.41 Å². The van der Waals surface area contributed by atoms with Gasteiger partial charge < -0.3 is 9.64 Å². The molecular formula is C13H19NO. The molecule has 0 bridgehead atoms. The molecule has 1 unspecified atom stereocenters. The zero-order chi connectivity index (χ0) is 11.2. The number of likely N-dealkylation sites (tertiary alicyclic amines) is 1. The Kier molecular flexibility index (Phi) is 2.18. The Morgan fingerprint density at radius 1 is 1.47 bits per heavy atom. The molecule has 82 valence electrons. The van der Waals surface area contributed by atoms with Crippen LogP contribution in [0.2, 0.25) is 0 Å². The third-order valence-corrected chi connectivity index (χ3v) is 3.87. The Morgan fingerprint density at radius 3 is 2.73 bits per heavy atom. The van der Waals surface area contributed by atoms with E-state index in [1.807, 2.05) is 0 Å². The van der Waals surface area contributed by atoms with Gasteiger partial charge in [-0.1, -0.05) is 20.4 Å². The largest absolute Gasteiger partial charge is 0.501 e. The summed E-state index contributed by atoms with van der Waals surface area (Å²) >= 11 is 0. The molecule has 0 N–H and O–H groups in total. The lowest BCUT2D eigenvalue weighted by molar-refractivity contribution is 0.233. The van der Waals surface area contributed by atoms with Gasteiger partial charge in [0.2, 0.25) is 0 Å². The van der Waals surface area contributed by atoms with Crippen LogP contribution in [0.15, 0.2) is 35.9 Å². The van der Waals surface area contributed by atoms with Crippen LogP contribution in [0, 0.1) is 11.3 Å². The highest BCUT2D eigenvalue weighted by atomic mass is 16.5. The topological polar surface area (TPSA) is 12.5 Å². The number of hydrogen-bond donors (Lipinski definition) is 0. The molecule has 2 rings (SSSR count). The van der Waals surface area contributed by atoms with Gasteiger partial charge in [0, 0.05) is 36.2 Å². The summed E-state index contributed by atoms with van der Waals surface area (Å²) in [6.07, 6.45) is 5.21. The normalized spacial score (nSPS) is 28.4. The van der Waals surface area contributed by atoms with Gasteiger partial charge in [-0.15, -0.1) is 0 Å². The lowest BCUT2D eigenvalue weighted by Crippen LogP contribution is -2.21. The molecule has 1 atom stereocenters. The van der Waals surface area contributed by atoms with E-state index in [4.69, 9.17) is 4.74 Å². The van der Waals surface area contributed by atoms with Crippen LogP contribution in [-0.4, -0.2) is 19.1 Å². The zero-order valence-corrected chi connectivity index (χ0v) is 10.0. The summed E-state index contributed by atoms with van der Waals surface area (Å²) in [6.45, 7) is 8.70. The van der Waals surface area contributed by atoms with E-state index < -0.39 is 0 Å². The van der Waals surface area contributed by atoms with Gasteiger partial charge in [-0.05, 0) is 12.2 Å². The van der Waals surface area contributed by atoms with Crippen molar-refractivity contribution < 1.29 is 4.74 Å². The van der Waals surface area contributed by atoms with Crippen molar-refractivity contribution in [2.45, 2.75) is 20.3 Å². The van der Waals surface area contributed by atoms with Crippen molar-refractivity contribution in [3.8, 4) is 0 Å². The first-order valence-electron chi connectivity index (χ1n) is 5.36. The van der Waals surface area contributed by atoms with E-state index in [1.54, 1.807) is 7.11 Å². The van der Waals surface area contributed by atoms with Gasteiger partial charge in [0.25, 0.3) is 0 Å². The fraction of sp³-hybridized carbons (Fsp3) is 0.538. The lowest BCUT2D eigenvalue weighted by atomic mass is 9.75. The average molecular weight is 205 g/mol. The highest BCUT2D eigenvalue weighted by molar-refractivity contribution is 5.36. The highest BCUT2D eigenvalue weighted by Crippen LogP contribution is 2.52. The Bertz CT molecular complexity index is 363. The van der Waals surface area contributed by atoms with Gasteiger partial charge in [0.05, 0.1) is 12.9 Å². The molecule has 0 amide bonds. The molecule has 0 aromatic heterocycles. The number of rotatable bonds is 1. The van der Waals surface area contributed by atoms with Crippen molar-refractivity contribution in [1.29, 1.82) is 0 Å². The highest BCUT2D eigenvalue weighted by Gasteiger charge is 2.45. The maximum atomic E-state index is 5.33. The number of fused-ring (bicyclic) bond motifs is 1. The third-order valence-electron chi connectivity index (χ3n) is 3.87. The minimum Gasteiger partial charge on any atom is -0.501 e. The van der Waals surface area contributed by atoms with Crippen LogP contribution in [0.5, 0.6) is 0 Å². The summed E-state index contributed by atoms with van der Waals surface area (Å²) in [4.78, 5) is 2.22. The molecule has 1 fully saturated rings. The van der Waals surface area contributed by atoms with Crippen LogP contribution in [0.25, 0.3) is 0 Å². The van der Waals surface area contributed by atoms with Gasteiger partial charge in [-0.2, -0.15) is 0 Å². The molecule has 1 aliphatic carbocycles. The average Bonchev–Trinajstić information content (AvgIpc) is 2.40. The van der Waals surface area contributed by atoms with E-state index >= 15 is 0 Å². The Balaban J connectivity index is 2.40. The van der Waals surface area contributed by atoms with E-state index in [2.05, 4.69) is 44.5 Å². The molecular weight excluding hydrogens is 186 g/mol. The van der Waals surface area contributed by atoms with Gasteiger partial charge in [0.1, 0.15) is 0 Å². The Hall–Kier alpha value is -1.18. The Labute approximate surface area is 91.9 Å². The molecule has 15 heavy (non-hydrogen) atoms. The third kappa shape index (κ3) is 1.31. The van der Waals surface area contributed by atoms with Gasteiger partial charge in [-0.3, -0.25) is 0 Å². The van der Waals surface area contributed by atoms with E-state index in [1.165, 1.54) is 11.4 Å². The number of allylic oxidation sites excluding steroid dienone is 5. The monoisotopic (exact) mass is 205 g/mol. The predicted molar refractivity (Wildman–Crippen MR) is 62.0 cm³/mol. The molecule has 1 saturated heterocycles. The quantitative estimate of drug-likeness (QED) is 0.652. The van der Waals surface area contributed by atoms with Crippen molar-refractivity contribution in [3.05, 3.63) is 35.9 Å². The van der Waals surface area contributed by atoms with Crippen LogP contribution in [0.4, 0.5) is 0 Å². The standard InChI is InChI=1S/C13H19NO/c1-9-13(2,3)11-8-10(15-5)6-7-12(11)14(9)4/h6-7,11H,1,8H2,2-5H3. The maximum Gasteiger partial charge on any atom is 0.0963 e. The summed E-state index contributed by atoms with van der Waals surface area (Å²) in [7, 11) is 3.84. The first-order chi connectivity index (χ1) is 6.98. The molecule has 0 saturated carbocycles. The molecule has 0 spiro atoms. The minimum absolute atomic E-state index is 0.138.